The first-order valence-electron chi connectivity index (χ1n) is 12.0. The topological polar surface area (TPSA) is 102 Å². The molecule has 2 N–H and O–H groups in total. The van der Waals surface area contributed by atoms with E-state index in [9.17, 15) is 9.50 Å². The van der Waals surface area contributed by atoms with Crippen LogP contribution in [-0.4, -0.2) is 54.4 Å². The van der Waals surface area contributed by atoms with Crippen LogP contribution in [0.4, 0.5) is 4.39 Å². The van der Waals surface area contributed by atoms with E-state index in [0.29, 0.717) is 16.8 Å². The molecule has 1 atom stereocenters. The number of hydrogen-bond donors (Lipinski definition) is 2. The van der Waals surface area contributed by atoms with Crippen LogP contribution in [-0.2, 0) is 0 Å². The number of pyridine rings is 2. The second-order valence-corrected chi connectivity index (χ2v) is 8.19. The summed E-state index contributed by atoms with van der Waals surface area (Å²) in [7, 11) is 0. The number of piperidine rings is 1. The molecule has 0 bridgehead atoms. The Morgan fingerprint density at radius 1 is 1.36 bits per heavy atom. The van der Waals surface area contributed by atoms with Crippen LogP contribution in [0.25, 0.3) is 16.8 Å². The Morgan fingerprint density at radius 3 is 2.94 bits per heavy atom. The average Bonchev–Trinajstić information content (AvgIpc) is 3.48. The van der Waals surface area contributed by atoms with Gasteiger partial charge in [-0.25, -0.2) is 13.6 Å². The number of ether oxygens (including phenoxy) is 1. The average molecular weight is 475 g/mol. The van der Waals surface area contributed by atoms with Crippen molar-refractivity contribution in [3.63, 3.8) is 0 Å². The van der Waals surface area contributed by atoms with Gasteiger partial charge in [-0.05, 0) is 51.0 Å². The fourth-order valence-electron chi connectivity index (χ4n) is 3.98. The maximum Gasteiger partial charge on any atom is 0.163 e. The maximum atomic E-state index is 13.4. The smallest absolute Gasteiger partial charge is 0.163 e. The molecular formula is C22H23ClFN7O2. The summed E-state index contributed by atoms with van der Waals surface area (Å²) in [6.45, 7) is -1.41. The minimum absolute atomic E-state index is 0.0249. The number of rotatable bonds is 6. The van der Waals surface area contributed by atoms with Gasteiger partial charge in [0, 0.05) is 15.9 Å². The molecule has 0 saturated carbocycles. The molecule has 9 nitrogen and oxygen atoms in total. The molecule has 0 aliphatic carbocycles. The molecule has 1 unspecified atom stereocenters. The lowest BCUT2D eigenvalue weighted by atomic mass is 10.1. The molecule has 5 heterocycles. The predicted octanol–water partition coefficient (Wildman–Crippen LogP) is 3.13. The Hall–Kier alpha value is -3.08. The molecule has 1 aliphatic rings. The summed E-state index contributed by atoms with van der Waals surface area (Å²) in [6.07, 6.45) is 4.58. The number of aromatic nitrogens is 6. The molecule has 172 valence electrons. The summed E-state index contributed by atoms with van der Waals surface area (Å²) in [6, 6.07) is 4.12. The van der Waals surface area contributed by atoms with Crippen LogP contribution < -0.4 is 10.1 Å². The third kappa shape index (κ3) is 4.17. The molecule has 1 aliphatic heterocycles. The largest absolute Gasteiger partial charge is 0.479 e. The zero-order valence-electron chi connectivity index (χ0n) is 20.4. The van der Waals surface area contributed by atoms with Gasteiger partial charge in [-0.1, -0.05) is 16.8 Å². The van der Waals surface area contributed by atoms with Crippen LogP contribution in [0, 0.1) is 12.7 Å². The third-order valence-electron chi connectivity index (χ3n) is 5.67. The van der Waals surface area contributed by atoms with Crippen molar-refractivity contribution in [2.75, 3.05) is 19.7 Å². The molecular weight excluding hydrogens is 449 g/mol. The van der Waals surface area contributed by atoms with Gasteiger partial charge in [0.1, 0.15) is 22.8 Å². The minimum Gasteiger partial charge on any atom is -0.479 e. The van der Waals surface area contributed by atoms with Gasteiger partial charge in [-0.15, -0.1) is 5.10 Å². The fraction of sp³-hybridized carbons (Fsp3) is 0.364. The highest BCUT2D eigenvalue weighted by molar-refractivity contribution is 6.34. The monoisotopic (exact) mass is 474 g/mol. The van der Waals surface area contributed by atoms with Crippen LogP contribution in [0.2, 0.25) is 5.02 Å². The third-order valence-corrected chi connectivity index (χ3v) is 5.95. The van der Waals surface area contributed by atoms with E-state index in [2.05, 4.69) is 25.7 Å². The number of aliphatic hydroxyl groups is 1. The van der Waals surface area contributed by atoms with Crippen LogP contribution in [0.1, 0.15) is 40.5 Å². The molecule has 0 radical (unpaired) electrons. The van der Waals surface area contributed by atoms with E-state index in [1.807, 2.05) is 0 Å². The van der Waals surface area contributed by atoms with Crippen molar-refractivity contribution < 1.29 is 18.3 Å². The number of fused-ring (bicyclic) bond motifs is 1. The quantitative estimate of drug-likeness (QED) is 0.442. The first-order valence-corrected chi connectivity index (χ1v) is 10.9. The highest BCUT2D eigenvalue weighted by Crippen LogP contribution is 2.35. The van der Waals surface area contributed by atoms with E-state index in [1.54, 1.807) is 12.3 Å². The zero-order chi connectivity index (χ0) is 25.4. The number of nitrogens with zero attached hydrogens (tertiary/aromatic N) is 6. The lowest BCUT2D eigenvalue weighted by Gasteiger charge is -2.23. The molecule has 4 aromatic heterocycles. The fourth-order valence-corrected chi connectivity index (χ4v) is 4.21. The predicted molar refractivity (Wildman–Crippen MR) is 120 cm³/mol. The maximum absolute atomic E-state index is 13.4. The summed E-state index contributed by atoms with van der Waals surface area (Å²) in [5, 5.41) is 26.2. The van der Waals surface area contributed by atoms with Gasteiger partial charge in [0.25, 0.3) is 0 Å². The van der Waals surface area contributed by atoms with Gasteiger partial charge in [0.2, 0.25) is 0 Å². The summed E-state index contributed by atoms with van der Waals surface area (Å²) in [5.41, 5.74) is 1.30. The second kappa shape index (κ2) is 9.05. The van der Waals surface area contributed by atoms with E-state index in [4.69, 9.17) is 20.5 Å². The zero-order valence-corrected chi connectivity index (χ0v) is 18.2. The normalized spacial score (nSPS) is 17.5. The van der Waals surface area contributed by atoms with Gasteiger partial charge < -0.3 is 15.2 Å². The van der Waals surface area contributed by atoms with Crippen LogP contribution in [0.15, 0.2) is 36.8 Å². The molecule has 33 heavy (non-hydrogen) atoms. The number of nitrogens with one attached hydrogen (secondary N) is 1. The van der Waals surface area contributed by atoms with E-state index in [0.717, 1.165) is 32.1 Å². The van der Waals surface area contributed by atoms with E-state index >= 15 is 0 Å². The highest BCUT2D eigenvalue weighted by atomic mass is 35.5. The lowest BCUT2D eigenvalue weighted by Crippen LogP contribution is -2.30. The molecule has 0 amide bonds. The molecule has 0 spiro atoms. The first kappa shape index (κ1) is 18.4. The number of aliphatic hydroxyl groups excluding tert-OH is 1. The highest BCUT2D eigenvalue weighted by Gasteiger charge is 2.23. The van der Waals surface area contributed by atoms with Crippen molar-refractivity contribution in [3.05, 3.63) is 59.0 Å². The van der Waals surface area contributed by atoms with Crippen LogP contribution >= 0.6 is 11.6 Å². The summed E-state index contributed by atoms with van der Waals surface area (Å²) < 4.78 is 47.0. The van der Waals surface area contributed by atoms with Crippen LogP contribution in [0.3, 0.4) is 0 Å². The molecule has 11 heteroatoms. The minimum atomic E-state index is -2.48. The Balaban J connectivity index is 1.61. The van der Waals surface area contributed by atoms with Crippen molar-refractivity contribution >= 4 is 17.1 Å². The van der Waals surface area contributed by atoms with E-state index in [-0.39, 0.29) is 28.2 Å². The summed E-state index contributed by atoms with van der Waals surface area (Å²) in [5.74, 6) is -0.305. The van der Waals surface area contributed by atoms with Gasteiger partial charge in [0.05, 0.1) is 41.5 Å². The molecule has 5 rings (SSSR count). The van der Waals surface area contributed by atoms with E-state index < -0.39 is 25.4 Å². The van der Waals surface area contributed by atoms with Crippen molar-refractivity contribution in [2.24, 2.45) is 0 Å². The Morgan fingerprint density at radius 2 is 2.21 bits per heavy atom. The standard InChI is InChI=1S/C22H23ClFN7O2/c1-13-21(28-29-31(13)16-4-6-25-7-5-16)14-8-19(22-17(23)10-27-30(22)11-14)33-20(12-32)18-3-2-15(24)9-26-18/h2-3,8-11,16,20,25,32H,4-7,12H2,1H3/i1D3. The molecule has 1 fully saturated rings. The second-order valence-electron chi connectivity index (χ2n) is 7.78. The molecule has 4 aromatic rings. The van der Waals surface area contributed by atoms with Crippen molar-refractivity contribution in [1.29, 1.82) is 0 Å². The van der Waals surface area contributed by atoms with Crippen molar-refractivity contribution in [3.8, 4) is 17.0 Å². The molecule has 1 saturated heterocycles. The van der Waals surface area contributed by atoms with Gasteiger partial charge in [0.15, 0.2) is 6.10 Å². The Labute approximate surface area is 198 Å². The van der Waals surface area contributed by atoms with Gasteiger partial charge in [-0.3, -0.25) is 4.98 Å². The summed E-state index contributed by atoms with van der Waals surface area (Å²) in [4.78, 5) is 4.00. The molecule has 0 aromatic carbocycles. The van der Waals surface area contributed by atoms with Gasteiger partial charge in [-0.2, -0.15) is 5.10 Å². The first-order chi connectivity index (χ1) is 17.3. The van der Waals surface area contributed by atoms with Crippen LogP contribution in [0.5, 0.6) is 5.75 Å². The number of halogens is 2. The number of hydrogen-bond acceptors (Lipinski definition) is 7. The van der Waals surface area contributed by atoms with E-state index in [1.165, 1.54) is 27.5 Å². The van der Waals surface area contributed by atoms with Gasteiger partial charge >= 0.3 is 0 Å². The van der Waals surface area contributed by atoms with Crippen molar-refractivity contribution in [1.82, 2.24) is 34.9 Å². The SMILES string of the molecule is [2H]C([2H])([2H])c1c(-c2cc(OC(CO)c3ccc(F)cn3)c3c(Cl)cnn3c2)nnn1C1CCNCC1. The summed E-state index contributed by atoms with van der Waals surface area (Å²) >= 11 is 6.36. The van der Waals surface area contributed by atoms with Crippen molar-refractivity contribution in [2.45, 2.75) is 31.8 Å². The Bertz CT molecular complexity index is 1370. The lowest BCUT2D eigenvalue weighted by molar-refractivity contribution is 0.114. The Kier molecular flexibility index (Phi) is 5.03.